The van der Waals surface area contributed by atoms with Gasteiger partial charge in [0, 0.05) is 24.5 Å². The summed E-state index contributed by atoms with van der Waals surface area (Å²) in [7, 11) is -2.76. The van der Waals surface area contributed by atoms with Crippen LogP contribution in [0.2, 0.25) is 0 Å². The number of ether oxygens (including phenoxy) is 1. The van der Waals surface area contributed by atoms with Crippen LogP contribution in [0.3, 0.4) is 0 Å². The number of aryl methyl sites for hydroxylation is 1. The summed E-state index contributed by atoms with van der Waals surface area (Å²) in [5.41, 5.74) is -3.94. The number of nitrogens with zero attached hydrogens (tertiary/aromatic N) is 4. The third-order valence-electron chi connectivity index (χ3n) is 7.91. The molecule has 7 rings (SSSR count). The molecular formula is C31H29F4N7O5S2. The van der Waals surface area contributed by atoms with Crippen LogP contribution in [0.1, 0.15) is 32.7 Å². The first-order valence-electron chi connectivity index (χ1n) is 14.9. The van der Waals surface area contributed by atoms with Gasteiger partial charge in [-0.05, 0) is 48.5 Å². The number of aromatic nitrogens is 3. The van der Waals surface area contributed by atoms with E-state index in [2.05, 4.69) is 27.6 Å². The van der Waals surface area contributed by atoms with Crippen molar-refractivity contribution in [2.75, 3.05) is 43.1 Å². The van der Waals surface area contributed by atoms with Crippen LogP contribution in [0.4, 0.5) is 29.1 Å². The highest BCUT2D eigenvalue weighted by atomic mass is 32.2. The number of thioether (sulfide) groups is 1. The van der Waals surface area contributed by atoms with Crippen molar-refractivity contribution in [3.05, 3.63) is 71.7 Å². The standard InChI is InChI=1S/C31H29F4N7O5S2/c1-47-26-8-7-19-14-24(26)36-10-3-4-20-17-42-25(28(20)48-31(33,34)35)5-2-6-27(42)38-23-9-11-40(18-22(23)32)30(44)21-15-37-41(16-21)12-13-49(45,46)39-29(19)43/h2,5-8,14-17,22-23,36,38H,9-13,18H2,1H3,(H,39,43)/t22-,23+/m0/s1. The topological polar surface area (TPSA) is 139 Å². The van der Waals surface area contributed by atoms with Crippen molar-refractivity contribution < 1.29 is 40.3 Å². The van der Waals surface area contributed by atoms with Crippen molar-refractivity contribution in [1.29, 1.82) is 0 Å². The highest BCUT2D eigenvalue weighted by Crippen LogP contribution is 2.42. The first-order chi connectivity index (χ1) is 23.3. The third kappa shape index (κ3) is 7.73. The predicted molar refractivity (Wildman–Crippen MR) is 174 cm³/mol. The highest BCUT2D eigenvalue weighted by molar-refractivity contribution is 8.00. The van der Waals surface area contributed by atoms with Gasteiger partial charge in [0.1, 0.15) is 17.7 Å². The molecule has 0 aliphatic carbocycles. The smallest absolute Gasteiger partial charge is 0.446 e. The zero-order chi connectivity index (χ0) is 34.9. The Labute approximate surface area is 282 Å². The largest absolute Gasteiger partial charge is 0.495 e. The summed E-state index contributed by atoms with van der Waals surface area (Å²) in [5.74, 6) is 4.28. The van der Waals surface area contributed by atoms with Gasteiger partial charge in [0.05, 0.1) is 72.0 Å². The van der Waals surface area contributed by atoms with Crippen LogP contribution >= 0.6 is 11.8 Å². The van der Waals surface area contributed by atoms with Crippen LogP contribution in [-0.2, 0) is 16.6 Å². The van der Waals surface area contributed by atoms with Crippen molar-refractivity contribution in [2.24, 2.45) is 0 Å². The molecule has 258 valence electrons. The minimum atomic E-state index is -4.62. The molecule has 0 radical (unpaired) electrons. The Kier molecular flexibility index (Phi) is 9.40. The summed E-state index contributed by atoms with van der Waals surface area (Å²) in [5, 5.41) is 10.1. The van der Waals surface area contributed by atoms with Crippen molar-refractivity contribution >= 4 is 50.6 Å². The molecular weight excluding hydrogens is 691 g/mol. The van der Waals surface area contributed by atoms with Gasteiger partial charge in [0.25, 0.3) is 11.8 Å². The Morgan fingerprint density at radius 2 is 1.92 bits per heavy atom. The molecule has 4 aromatic rings. The molecule has 3 aliphatic heterocycles. The zero-order valence-electron chi connectivity index (χ0n) is 25.8. The summed E-state index contributed by atoms with van der Waals surface area (Å²) in [6, 6.07) is 8.11. The minimum Gasteiger partial charge on any atom is -0.495 e. The Hall–Kier alpha value is -4.89. The van der Waals surface area contributed by atoms with E-state index in [1.165, 1.54) is 63.9 Å². The maximum Gasteiger partial charge on any atom is 0.446 e. The second-order valence-electron chi connectivity index (χ2n) is 11.2. The normalized spacial score (nSPS) is 20.0. The quantitative estimate of drug-likeness (QED) is 0.160. The van der Waals surface area contributed by atoms with Gasteiger partial charge in [-0.1, -0.05) is 17.9 Å². The lowest BCUT2D eigenvalue weighted by molar-refractivity contribution is -0.0327. The number of hydrogen-bond acceptors (Lipinski definition) is 9. The summed E-state index contributed by atoms with van der Waals surface area (Å²) in [6.45, 7) is -0.333. The van der Waals surface area contributed by atoms with Crippen molar-refractivity contribution in [1.82, 2.24) is 23.8 Å². The summed E-state index contributed by atoms with van der Waals surface area (Å²) in [4.78, 5) is 27.3. The molecule has 8 bridgehead atoms. The average Bonchev–Trinajstić information content (AvgIpc) is 3.67. The van der Waals surface area contributed by atoms with Gasteiger partial charge in [0.15, 0.2) is 0 Å². The Balaban J connectivity index is 1.37. The number of pyridine rings is 1. The van der Waals surface area contributed by atoms with E-state index in [0.29, 0.717) is 11.6 Å². The number of sulfonamides is 1. The number of fused-ring (bicyclic) bond motifs is 8. The molecule has 3 N–H and O–H groups in total. The molecule has 0 saturated carbocycles. The minimum absolute atomic E-state index is 0.0185. The molecule has 12 nitrogen and oxygen atoms in total. The summed E-state index contributed by atoms with van der Waals surface area (Å²) in [6.07, 6.45) is 2.72. The second-order valence-corrected chi connectivity index (χ2v) is 14.1. The second kappa shape index (κ2) is 13.6. The van der Waals surface area contributed by atoms with Crippen LogP contribution in [0, 0.1) is 11.8 Å². The van der Waals surface area contributed by atoms with Crippen LogP contribution in [-0.4, -0.2) is 89.5 Å². The van der Waals surface area contributed by atoms with Crippen molar-refractivity contribution in [2.45, 2.75) is 35.6 Å². The van der Waals surface area contributed by atoms with Gasteiger partial charge in [-0.2, -0.15) is 18.3 Å². The first-order valence-corrected chi connectivity index (χ1v) is 17.3. The molecule has 6 heterocycles. The monoisotopic (exact) mass is 719 g/mol. The van der Waals surface area contributed by atoms with Gasteiger partial charge in [0.2, 0.25) is 10.0 Å². The molecule has 0 spiro atoms. The van der Waals surface area contributed by atoms with Gasteiger partial charge in [-0.15, -0.1) is 0 Å². The zero-order valence-corrected chi connectivity index (χ0v) is 27.4. The van der Waals surface area contributed by atoms with Crippen LogP contribution in [0.5, 0.6) is 5.75 Å². The number of amides is 2. The number of rotatable bonds is 2. The van der Waals surface area contributed by atoms with E-state index >= 15 is 4.39 Å². The first kappa shape index (κ1) is 34.0. The molecule has 0 unspecified atom stereocenters. The number of alkyl halides is 4. The van der Waals surface area contributed by atoms with E-state index in [4.69, 9.17) is 4.74 Å². The molecule has 3 aromatic heterocycles. The molecule has 1 aromatic carbocycles. The number of hydrogen-bond donors (Lipinski definition) is 3. The lowest BCUT2D eigenvalue weighted by Gasteiger charge is -2.35. The molecule has 49 heavy (non-hydrogen) atoms. The number of benzene rings is 1. The molecule has 1 saturated heterocycles. The number of carbonyl (C=O) groups is 2. The van der Waals surface area contributed by atoms with E-state index < -0.39 is 45.3 Å². The highest BCUT2D eigenvalue weighted by Gasteiger charge is 2.34. The summed E-state index contributed by atoms with van der Waals surface area (Å²) < 4.78 is 92.2. The Morgan fingerprint density at radius 3 is 2.67 bits per heavy atom. The van der Waals surface area contributed by atoms with E-state index in [0.717, 1.165) is 0 Å². The molecule has 2 atom stereocenters. The Morgan fingerprint density at radius 1 is 1.10 bits per heavy atom. The lowest BCUT2D eigenvalue weighted by atomic mass is 10.0. The average molecular weight is 720 g/mol. The van der Waals surface area contributed by atoms with Crippen molar-refractivity contribution in [3.63, 3.8) is 0 Å². The van der Waals surface area contributed by atoms with Gasteiger partial charge in [-0.3, -0.25) is 14.3 Å². The van der Waals surface area contributed by atoms with Crippen LogP contribution in [0.15, 0.2) is 59.9 Å². The van der Waals surface area contributed by atoms with E-state index in [-0.39, 0.29) is 77.2 Å². The number of nitrogens with one attached hydrogen (secondary N) is 3. The van der Waals surface area contributed by atoms with E-state index in [1.54, 1.807) is 12.1 Å². The van der Waals surface area contributed by atoms with E-state index in [1.807, 2.05) is 4.72 Å². The fourth-order valence-electron chi connectivity index (χ4n) is 5.55. The number of halogens is 4. The number of methoxy groups -OCH3 is 1. The fourth-order valence-corrected chi connectivity index (χ4v) is 7.20. The molecule has 3 aliphatic rings. The molecule has 1 fully saturated rings. The van der Waals surface area contributed by atoms with Crippen molar-refractivity contribution in [3.8, 4) is 17.6 Å². The Bertz CT molecular complexity index is 2090. The third-order valence-corrected chi connectivity index (χ3v) is 9.99. The van der Waals surface area contributed by atoms with E-state index in [9.17, 15) is 31.2 Å². The maximum absolute atomic E-state index is 15.5. The number of piperidine rings is 1. The number of carbonyl (C=O) groups excluding carboxylic acids is 2. The maximum atomic E-state index is 15.5. The molecule has 18 heteroatoms. The van der Waals surface area contributed by atoms with Gasteiger partial charge in [-0.25, -0.2) is 17.5 Å². The number of anilines is 2. The van der Waals surface area contributed by atoms with Crippen LogP contribution in [0.25, 0.3) is 5.52 Å². The summed E-state index contributed by atoms with van der Waals surface area (Å²) >= 11 is -0.313. The molecule has 2 amide bonds. The fraction of sp³-hybridized carbons (Fsp3) is 0.323. The lowest BCUT2D eigenvalue weighted by Crippen LogP contribution is -2.50. The van der Waals surface area contributed by atoms with Crippen LogP contribution < -0.4 is 20.1 Å². The van der Waals surface area contributed by atoms with Gasteiger partial charge >= 0.3 is 5.51 Å². The SMILES string of the molecule is COc1ccc2cc1NCC#Cc1cn3c(cccc3c1SC(F)(F)F)N[C@@H]1CCN(C[C@@H]1F)C(=O)c1cnn(c1)CCS(=O)(=O)NC2=O. The van der Waals surface area contributed by atoms with Gasteiger partial charge < -0.3 is 24.7 Å². The predicted octanol–water partition coefficient (Wildman–Crippen LogP) is 3.96.